The van der Waals surface area contributed by atoms with Gasteiger partial charge in [0.2, 0.25) is 0 Å². The van der Waals surface area contributed by atoms with Crippen LogP contribution in [0.3, 0.4) is 0 Å². The lowest BCUT2D eigenvalue weighted by atomic mass is 10.1. The highest BCUT2D eigenvalue weighted by molar-refractivity contribution is 5.66. The van der Waals surface area contributed by atoms with Crippen molar-refractivity contribution in [3.63, 3.8) is 0 Å². The smallest absolute Gasteiger partial charge is 0.303 e. The summed E-state index contributed by atoms with van der Waals surface area (Å²) in [6.07, 6.45) is -5.62. The lowest BCUT2D eigenvalue weighted by Gasteiger charge is -2.18. The minimum Gasteiger partial charge on any atom is -0.454 e. The van der Waals surface area contributed by atoms with Gasteiger partial charge in [-0.05, 0) is 6.92 Å². The van der Waals surface area contributed by atoms with E-state index in [1.165, 1.54) is 6.92 Å². The van der Waals surface area contributed by atoms with Gasteiger partial charge < -0.3 is 24.8 Å². The van der Waals surface area contributed by atoms with Gasteiger partial charge in [0.1, 0.15) is 12.2 Å². The molecule has 1 saturated heterocycles. The summed E-state index contributed by atoms with van der Waals surface area (Å²) in [4.78, 5) is 10.6. The molecule has 0 aromatic carbocycles. The van der Waals surface area contributed by atoms with Gasteiger partial charge in [0.05, 0.1) is 6.10 Å². The van der Waals surface area contributed by atoms with Crippen molar-refractivity contribution in [3.8, 4) is 0 Å². The van der Waals surface area contributed by atoms with E-state index in [1.54, 1.807) is 0 Å². The first-order valence-electron chi connectivity index (χ1n) is 4.30. The molecule has 1 aliphatic rings. The molecule has 0 bridgehead atoms. The summed E-state index contributed by atoms with van der Waals surface area (Å²) in [7, 11) is 0. The number of esters is 1. The molecule has 0 saturated carbocycles. The Balaban J connectivity index is 2.65. The van der Waals surface area contributed by atoms with Gasteiger partial charge in [0.15, 0.2) is 12.4 Å². The van der Waals surface area contributed by atoms with E-state index in [0.717, 1.165) is 6.92 Å². The van der Waals surface area contributed by atoms with Crippen LogP contribution in [0.5, 0.6) is 0 Å². The van der Waals surface area contributed by atoms with Crippen molar-refractivity contribution in [2.45, 2.75) is 44.6 Å². The predicted octanol–water partition coefficient (Wildman–Crippen LogP) is -1.62. The molecule has 0 aliphatic carbocycles. The molecule has 1 fully saturated rings. The van der Waals surface area contributed by atoms with E-state index in [4.69, 9.17) is 9.84 Å². The monoisotopic (exact) mass is 206 g/mol. The van der Waals surface area contributed by atoms with Crippen LogP contribution in [0.2, 0.25) is 0 Å². The van der Waals surface area contributed by atoms with E-state index in [9.17, 15) is 15.0 Å². The maximum atomic E-state index is 10.6. The minimum absolute atomic E-state index is 0.622. The van der Waals surface area contributed by atoms with Gasteiger partial charge in [-0.3, -0.25) is 4.79 Å². The highest BCUT2D eigenvalue weighted by Gasteiger charge is 2.47. The fraction of sp³-hybridized carbons (Fsp3) is 0.875. The Morgan fingerprint density at radius 2 is 2.07 bits per heavy atom. The quantitative estimate of drug-likeness (QED) is 0.470. The Bertz CT molecular complexity index is 216. The van der Waals surface area contributed by atoms with Gasteiger partial charge >= 0.3 is 5.97 Å². The third-order valence-electron chi connectivity index (χ3n) is 2.03. The van der Waals surface area contributed by atoms with Crippen LogP contribution in [0, 0.1) is 0 Å². The zero-order valence-electron chi connectivity index (χ0n) is 7.95. The van der Waals surface area contributed by atoms with Crippen LogP contribution < -0.4 is 0 Å². The van der Waals surface area contributed by atoms with Crippen LogP contribution in [0.4, 0.5) is 0 Å². The van der Waals surface area contributed by atoms with Crippen molar-refractivity contribution in [2.24, 2.45) is 0 Å². The van der Waals surface area contributed by atoms with Gasteiger partial charge in [-0.2, -0.15) is 0 Å². The second-order valence-electron chi connectivity index (χ2n) is 3.30. The molecule has 5 atom stereocenters. The largest absolute Gasteiger partial charge is 0.454 e. The first-order valence-corrected chi connectivity index (χ1v) is 4.30. The molecule has 1 aliphatic heterocycles. The van der Waals surface area contributed by atoms with Crippen molar-refractivity contribution in [2.75, 3.05) is 0 Å². The molecular weight excluding hydrogens is 192 g/mol. The average molecular weight is 206 g/mol. The normalized spacial score (nSPS) is 39.5. The molecule has 0 spiro atoms. The Kier molecular flexibility index (Phi) is 3.43. The first-order chi connectivity index (χ1) is 6.43. The van der Waals surface area contributed by atoms with Crippen LogP contribution in [0.25, 0.3) is 0 Å². The van der Waals surface area contributed by atoms with Gasteiger partial charge in [-0.25, -0.2) is 0 Å². The molecule has 3 N–H and O–H groups in total. The molecular formula is C8H14O6. The number of ether oxygens (including phenoxy) is 2. The van der Waals surface area contributed by atoms with Crippen LogP contribution in [-0.2, 0) is 14.3 Å². The standard InChI is InChI=1S/C8H14O6/c1-3(9)6-5(11)7(8(12)14-6)13-4(2)10/h3,5-9,11-12H,1-2H3/t3-,5+,6-,7-,8-/m1/s1. The summed E-state index contributed by atoms with van der Waals surface area (Å²) in [6, 6.07) is 0. The molecule has 1 heterocycles. The molecule has 0 aromatic rings. The summed E-state index contributed by atoms with van der Waals surface area (Å²) >= 11 is 0. The second-order valence-corrected chi connectivity index (χ2v) is 3.30. The number of hydrogen-bond acceptors (Lipinski definition) is 6. The van der Waals surface area contributed by atoms with Gasteiger partial charge in [-0.15, -0.1) is 0 Å². The van der Waals surface area contributed by atoms with Crippen molar-refractivity contribution in [1.29, 1.82) is 0 Å². The molecule has 1 rings (SSSR count). The van der Waals surface area contributed by atoms with E-state index in [1.807, 2.05) is 0 Å². The molecule has 0 aromatic heterocycles. The third kappa shape index (κ3) is 2.21. The Labute approximate surface area is 81.1 Å². The number of carbonyl (C=O) groups is 1. The Morgan fingerprint density at radius 3 is 2.43 bits per heavy atom. The Hall–Kier alpha value is -0.690. The minimum atomic E-state index is -1.39. The summed E-state index contributed by atoms with van der Waals surface area (Å²) in [5.41, 5.74) is 0. The number of rotatable bonds is 2. The molecule has 0 radical (unpaired) electrons. The van der Waals surface area contributed by atoms with Crippen LogP contribution in [0.15, 0.2) is 0 Å². The lowest BCUT2D eigenvalue weighted by molar-refractivity contribution is -0.172. The number of carbonyl (C=O) groups excluding carboxylic acids is 1. The zero-order chi connectivity index (χ0) is 10.9. The van der Waals surface area contributed by atoms with Crippen molar-refractivity contribution < 1.29 is 29.6 Å². The van der Waals surface area contributed by atoms with Crippen molar-refractivity contribution >= 4 is 5.97 Å². The van der Waals surface area contributed by atoms with Crippen LogP contribution in [0.1, 0.15) is 13.8 Å². The van der Waals surface area contributed by atoms with E-state index in [0.29, 0.717) is 0 Å². The van der Waals surface area contributed by atoms with Gasteiger partial charge in [0.25, 0.3) is 0 Å². The van der Waals surface area contributed by atoms with Crippen LogP contribution >= 0.6 is 0 Å². The molecule has 14 heavy (non-hydrogen) atoms. The summed E-state index contributed by atoms with van der Waals surface area (Å²) in [5, 5.41) is 27.9. The van der Waals surface area contributed by atoms with Gasteiger partial charge in [0, 0.05) is 6.92 Å². The first kappa shape index (κ1) is 11.4. The van der Waals surface area contributed by atoms with Crippen molar-refractivity contribution in [3.05, 3.63) is 0 Å². The van der Waals surface area contributed by atoms with Gasteiger partial charge in [-0.1, -0.05) is 0 Å². The molecule has 0 amide bonds. The second kappa shape index (κ2) is 4.22. The fourth-order valence-corrected chi connectivity index (χ4v) is 1.39. The lowest BCUT2D eigenvalue weighted by Crippen LogP contribution is -2.39. The predicted molar refractivity (Wildman–Crippen MR) is 44.1 cm³/mol. The topological polar surface area (TPSA) is 96.2 Å². The number of aliphatic hydroxyl groups excluding tert-OH is 3. The number of hydrogen-bond donors (Lipinski definition) is 3. The van der Waals surface area contributed by atoms with E-state index in [-0.39, 0.29) is 0 Å². The highest BCUT2D eigenvalue weighted by Crippen LogP contribution is 2.24. The van der Waals surface area contributed by atoms with E-state index >= 15 is 0 Å². The van der Waals surface area contributed by atoms with Crippen LogP contribution in [-0.4, -0.2) is 52.0 Å². The average Bonchev–Trinajstić information content (AvgIpc) is 2.31. The summed E-state index contributed by atoms with van der Waals surface area (Å²) in [6.45, 7) is 2.58. The maximum Gasteiger partial charge on any atom is 0.303 e. The molecule has 6 heteroatoms. The zero-order valence-corrected chi connectivity index (χ0v) is 7.95. The molecule has 82 valence electrons. The SMILES string of the molecule is CC(=O)O[C@@H]1[C@@H](O)[C@@H]([C@@H](C)O)O[C@H]1O. The third-order valence-corrected chi connectivity index (χ3v) is 2.03. The highest BCUT2D eigenvalue weighted by atomic mass is 16.7. The molecule has 0 unspecified atom stereocenters. The maximum absolute atomic E-state index is 10.6. The summed E-state index contributed by atoms with van der Waals surface area (Å²) in [5.74, 6) is -0.622. The fourth-order valence-electron chi connectivity index (χ4n) is 1.39. The Morgan fingerprint density at radius 1 is 1.50 bits per heavy atom. The van der Waals surface area contributed by atoms with E-state index < -0.39 is 36.7 Å². The van der Waals surface area contributed by atoms with E-state index in [2.05, 4.69) is 4.74 Å². The summed E-state index contributed by atoms with van der Waals surface area (Å²) < 4.78 is 9.47. The molecule has 6 nitrogen and oxygen atoms in total. The van der Waals surface area contributed by atoms with Crippen molar-refractivity contribution in [1.82, 2.24) is 0 Å². The number of aliphatic hydroxyl groups is 3.